The van der Waals surface area contributed by atoms with Gasteiger partial charge in [0.15, 0.2) is 17.6 Å². The van der Waals surface area contributed by atoms with Crippen LogP contribution in [0.25, 0.3) is 6.08 Å². The van der Waals surface area contributed by atoms with Crippen LogP contribution in [0.2, 0.25) is 5.02 Å². The van der Waals surface area contributed by atoms with E-state index < -0.39 is 22.9 Å². The molecule has 0 unspecified atom stereocenters. The van der Waals surface area contributed by atoms with Crippen molar-refractivity contribution in [1.29, 1.82) is 0 Å². The lowest BCUT2D eigenvalue weighted by molar-refractivity contribution is -0.384. The first-order chi connectivity index (χ1) is 14.2. The summed E-state index contributed by atoms with van der Waals surface area (Å²) in [6, 6.07) is 8.69. The highest BCUT2D eigenvalue weighted by Gasteiger charge is 2.19. The van der Waals surface area contributed by atoms with Crippen molar-refractivity contribution in [1.82, 2.24) is 0 Å². The van der Waals surface area contributed by atoms with Gasteiger partial charge in [-0.2, -0.15) is 0 Å². The first kappa shape index (κ1) is 22.7. The van der Waals surface area contributed by atoms with Gasteiger partial charge in [0.05, 0.1) is 29.9 Å². The van der Waals surface area contributed by atoms with Crippen molar-refractivity contribution in [3.63, 3.8) is 0 Å². The number of amides is 1. The lowest BCUT2D eigenvalue weighted by Gasteiger charge is -2.13. The van der Waals surface area contributed by atoms with Crippen LogP contribution in [0.1, 0.15) is 12.5 Å². The van der Waals surface area contributed by atoms with Gasteiger partial charge in [0.1, 0.15) is 0 Å². The number of hydrogen-bond donors (Lipinski definition) is 1. The average Bonchev–Trinajstić information content (AvgIpc) is 2.73. The normalized spacial score (nSPS) is 11.6. The van der Waals surface area contributed by atoms with Crippen LogP contribution in [0, 0.1) is 10.1 Å². The van der Waals surface area contributed by atoms with E-state index in [0.29, 0.717) is 17.1 Å². The minimum Gasteiger partial charge on any atom is -0.493 e. The lowest BCUT2D eigenvalue weighted by atomic mass is 10.2. The van der Waals surface area contributed by atoms with Crippen LogP contribution in [0.5, 0.6) is 11.5 Å². The highest BCUT2D eigenvalue weighted by molar-refractivity contribution is 6.34. The number of rotatable bonds is 8. The molecule has 0 saturated carbocycles. The topological polar surface area (TPSA) is 117 Å². The monoisotopic (exact) mass is 434 g/mol. The number of ether oxygens (including phenoxy) is 3. The van der Waals surface area contributed by atoms with Gasteiger partial charge in [0, 0.05) is 18.2 Å². The Bertz CT molecular complexity index is 991. The van der Waals surface area contributed by atoms with Crippen molar-refractivity contribution in [3.05, 3.63) is 63.2 Å². The Morgan fingerprint density at radius 2 is 1.83 bits per heavy atom. The Morgan fingerprint density at radius 1 is 1.13 bits per heavy atom. The Balaban J connectivity index is 1.97. The molecule has 0 saturated heterocycles. The molecule has 0 heterocycles. The smallest absolute Gasteiger partial charge is 0.331 e. The van der Waals surface area contributed by atoms with E-state index in [2.05, 4.69) is 5.32 Å². The van der Waals surface area contributed by atoms with Gasteiger partial charge in [-0.15, -0.1) is 0 Å². The summed E-state index contributed by atoms with van der Waals surface area (Å²) in [6.07, 6.45) is 1.55. The number of methoxy groups -OCH3 is 2. The molecular formula is C20H19ClN2O7. The van der Waals surface area contributed by atoms with Gasteiger partial charge in [-0.3, -0.25) is 14.9 Å². The first-order valence-corrected chi connectivity index (χ1v) is 8.98. The third-order valence-electron chi connectivity index (χ3n) is 3.90. The summed E-state index contributed by atoms with van der Waals surface area (Å²) in [5.74, 6) is -0.325. The zero-order valence-electron chi connectivity index (χ0n) is 16.4. The minimum absolute atomic E-state index is 0.00979. The molecule has 0 fully saturated rings. The van der Waals surface area contributed by atoms with Crippen molar-refractivity contribution >= 4 is 40.9 Å². The van der Waals surface area contributed by atoms with Gasteiger partial charge in [-0.05, 0) is 36.8 Å². The molecule has 2 aromatic carbocycles. The molecule has 0 aliphatic heterocycles. The molecule has 2 aromatic rings. The number of nitrogens with one attached hydrogen (secondary N) is 1. The maximum atomic E-state index is 12.2. The maximum absolute atomic E-state index is 12.2. The van der Waals surface area contributed by atoms with E-state index in [-0.39, 0.29) is 16.4 Å². The van der Waals surface area contributed by atoms with E-state index in [9.17, 15) is 19.7 Å². The molecular weight excluding hydrogens is 416 g/mol. The van der Waals surface area contributed by atoms with Crippen LogP contribution in [0.4, 0.5) is 11.4 Å². The standard InChI is InChI=1S/C20H19ClN2O7/c1-12(20(25)22-16-7-6-14(23(26)27)11-15(16)21)30-19(24)9-5-13-4-8-17(28-2)18(10-13)29-3/h4-12H,1-3H3,(H,22,25)/b9-5+/t12-/m0/s1. The fourth-order valence-electron chi connectivity index (χ4n) is 2.34. The molecule has 0 bridgehead atoms. The summed E-state index contributed by atoms with van der Waals surface area (Å²) in [5.41, 5.74) is 0.619. The second-order valence-corrected chi connectivity index (χ2v) is 6.34. The third-order valence-corrected chi connectivity index (χ3v) is 4.22. The van der Waals surface area contributed by atoms with Gasteiger partial charge in [0.2, 0.25) is 0 Å². The molecule has 1 amide bonds. The largest absolute Gasteiger partial charge is 0.493 e. The van der Waals surface area contributed by atoms with Crippen LogP contribution in [-0.2, 0) is 14.3 Å². The Kier molecular flexibility index (Phi) is 7.76. The van der Waals surface area contributed by atoms with Gasteiger partial charge in [0.25, 0.3) is 11.6 Å². The van der Waals surface area contributed by atoms with Crippen LogP contribution < -0.4 is 14.8 Å². The molecule has 9 nitrogen and oxygen atoms in total. The van der Waals surface area contributed by atoms with Crippen molar-refractivity contribution in [2.24, 2.45) is 0 Å². The van der Waals surface area contributed by atoms with Crippen LogP contribution in [0.15, 0.2) is 42.5 Å². The molecule has 1 N–H and O–H groups in total. The van der Waals surface area contributed by atoms with E-state index >= 15 is 0 Å². The molecule has 0 aliphatic carbocycles. The van der Waals surface area contributed by atoms with Gasteiger partial charge >= 0.3 is 5.97 Å². The van der Waals surface area contributed by atoms with Crippen molar-refractivity contribution in [2.45, 2.75) is 13.0 Å². The molecule has 10 heteroatoms. The highest BCUT2D eigenvalue weighted by atomic mass is 35.5. The molecule has 0 radical (unpaired) electrons. The fraction of sp³-hybridized carbons (Fsp3) is 0.200. The predicted octanol–water partition coefficient (Wildman–Crippen LogP) is 3.85. The zero-order chi connectivity index (χ0) is 22.3. The summed E-state index contributed by atoms with van der Waals surface area (Å²) >= 11 is 5.93. The SMILES string of the molecule is COc1ccc(/C=C/C(=O)O[C@@H](C)C(=O)Nc2ccc([N+](=O)[O-])cc2Cl)cc1OC. The predicted molar refractivity (Wildman–Crippen MR) is 111 cm³/mol. The third kappa shape index (κ3) is 5.95. The quantitative estimate of drug-likeness (QED) is 0.290. The highest BCUT2D eigenvalue weighted by Crippen LogP contribution is 2.28. The van der Waals surface area contributed by atoms with E-state index in [4.69, 9.17) is 25.8 Å². The number of benzene rings is 2. The van der Waals surface area contributed by atoms with Crippen molar-refractivity contribution < 1.29 is 28.7 Å². The van der Waals surface area contributed by atoms with E-state index in [1.165, 1.54) is 45.4 Å². The number of carbonyl (C=O) groups is 2. The van der Waals surface area contributed by atoms with E-state index in [1.807, 2.05) is 0 Å². The molecule has 2 rings (SSSR count). The number of nitro groups is 1. The van der Waals surface area contributed by atoms with Crippen molar-refractivity contribution in [2.75, 3.05) is 19.5 Å². The molecule has 0 spiro atoms. The molecule has 30 heavy (non-hydrogen) atoms. The maximum Gasteiger partial charge on any atom is 0.331 e. The second-order valence-electron chi connectivity index (χ2n) is 5.94. The number of carbonyl (C=O) groups excluding carboxylic acids is 2. The number of esters is 1. The Hall–Kier alpha value is -3.59. The van der Waals surface area contributed by atoms with Gasteiger partial charge < -0.3 is 19.5 Å². The minimum atomic E-state index is -1.13. The fourth-order valence-corrected chi connectivity index (χ4v) is 2.56. The van der Waals surface area contributed by atoms with Crippen LogP contribution in [-0.4, -0.2) is 37.1 Å². The summed E-state index contributed by atoms with van der Waals surface area (Å²) in [4.78, 5) is 34.3. The molecule has 158 valence electrons. The molecule has 0 aromatic heterocycles. The number of halogens is 1. The number of hydrogen-bond acceptors (Lipinski definition) is 7. The van der Waals surface area contributed by atoms with Crippen LogP contribution >= 0.6 is 11.6 Å². The number of nitrogens with zero attached hydrogens (tertiary/aromatic N) is 1. The van der Waals surface area contributed by atoms with E-state index in [0.717, 1.165) is 6.07 Å². The lowest BCUT2D eigenvalue weighted by Crippen LogP contribution is -2.29. The summed E-state index contributed by atoms with van der Waals surface area (Å²) in [7, 11) is 3.01. The molecule has 1 atom stereocenters. The number of nitro benzene ring substituents is 1. The van der Waals surface area contributed by atoms with E-state index in [1.54, 1.807) is 18.2 Å². The summed E-state index contributed by atoms with van der Waals surface area (Å²) in [5, 5.41) is 13.2. The number of anilines is 1. The first-order valence-electron chi connectivity index (χ1n) is 8.60. The Labute approximate surface area is 177 Å². The number of non-ortho nitro benzene ring substituents is 1. The van der Waals surface area contributed by atoms with Gasteiger partial charge in [-0.25, -0.2) is 4.79 Å². The van der Waals surface area contributed by atoms with Crippen molar-refractivity contribution in [3.8, 4) is 11.5 Å². The van der Waals surface area contributed by atoms with Gasteiger partial charge in [-0.1, -0.05) is 17.7 Å². The summed E-state index contributed by atoms with van der Waals surface area (Å²) < 4.78 is 15.4. The summed E-state index contributed by atoms with van der Waals surface area (Å²) in [6.45, 7) is 1.39. The zero-order valence-corrected chi connectivity index (χ0v) is 17.1. The average molecular weight is 435 g/mol. The second kappa shape index (κ2) is 10.3. The molecule has 0 aliphatic rings. The van der Waals surface area contributed by atoms with Crippen LogP contribution in [0.3, 0.4) is 0 Å². The Morgan fingerprint density at radius 3 is 2.43 bits per heavy atom.